The Bertz CT molecular complexity index is 306. The van der Waals surface area contributed by atoms with E-state index in [1.807, 2.05) is 40.7 Å². The second-order valence-corrected chi connectivity index (χ2v) is 2.51. The minimum absolute atomic E-state index is 0.206. The van der Waals surface area contributed by atoms with Gasteiger partial charge in [0.15, 0.2) is 0 Å². The van der Waals surface area contributed by atoms with Crippen LogP contribution >= 0.6 is 0 Å². The molecule has 3 heteroatoms. The van der Waals surface area contributed by atoms with Crippen LogP contribution in [0.1, 0.15) is 43.6 Å². The summed E-state index contributed by atoms with van der Waals surface area (Å²) in [5, 5.41) is 8.74. The molecule has 0 aliphatic heterocycles. The zero-order valence-electron chi connectivity index (χ0n) is 11.0. The summed E-state index contributed by atoms with van der Waals surface area (Å²) in [6.45, 7) is 9.84. The van der Waals surface area contributed by atoms with Crippen molar-refractivity contribution in [1.29, 1.82) is 0 Å². The molecule has 1 aromatic rings. The van der Waals surface area contributed by atoms with Crippen molar-refractivity contribution < 1.29 is 14.6 Å². The molecule has 0 amide bonds. The number of carboxylic acid groups (broad SMARTS) is 1. The molecule has 1 aromatic carbocycles. The van der Waals surface area contributed by atoms with Gasteiger partial charge in [-0.05, 0) is 19.1 Å². The zero-order chi connectivity index (χ0) is 13.1. The van der Waals surface area contributed by atoms with Crippen LogP contribution in [0.5, 0.6) is 5.75 Å². The fourth-order valence-corrected chi connectivity index (χ4v) is 0.989. The van der Waals surface area contributed by atoms with E-state index in [-0.39, 0.29) is 5.56 Å². The molecule has 1 N–H and O–H groups in total. The second kappa shape index (κ2) is 10.0. The third kappa shape index (κ3) is 5.39. The van der Waals surface area contributed by atoms with Crippen molar-refractivity contribution in [3.8, 4) is 5.75 Å². The lowest BCUT2D eigenvalue weighted by Gasteiger charge is -2.04. The van der Waals surface area contributed by atoms with Crippen molar-refractivity contribution in [3.63, 3.8) is 0 Å². The molecular formula is C13H22O3. The molecule has 0 aromatic heterocycles. The zero-order valence-corrected chi connectivity index (χ0v) is 11.0. The Morgan fingerprint density at radius 3 is 2.06 bits per heavy atom. The van der Waals surface area contributed by atoms with Crippen molar-refractivity contribution in [2.75, 3.05) is 7.11 Å². The number of ether oxygens (including phenoxy) is 1. The van der Waals surface area contributed by atoms with Gasteiger partial charge in [-0.25, -0.2) is 4.79 Å². The first-order chi connectivity index (χ1) is 7.65. The lowest BCUT2D eigenvalue weighted by Crippen LogP contribution is -2.00. The number of hydrogen-bond donors (Lipinski definition) is 1. The maximum atomic E-state index is 10.7. The van der Waals surface area contributed by atoms with Crippen LogP contribution < -0.4 is 4.74 Å². The minimum atomic E-state index is -0.962. The quantitative estimate of drug-likeness (QED) is 0.835. The summed E-state index contributed by atoms with van der Waals surface area (Å²) in [5.41, 5.74) is 1.12. The van der Waals surface area contributed by atoms with Gasteiger partial charge >= 0.3 is 5.97 Å². The largest absolute Gasteiger partial charge is 0.496 e. The molecule has 3 nitrogen and oxygen atoms in total. The van der Waals surface area contributed by atoms with Crippen LogP contribution in [-0.2, 0) is 0 Å². The molecule has 0 fully saturated rings. The Morgan fingerprint density at radius 1 is 1.19 bits per heavy atom. The Labute approximate surface area is 98.1 Å². The first-order valence-electron chi connectivity index (χ1n) is 5.53. The molecule has 0 saturated heterocycles. The lowest BCUT2D eigenvalue weighted by atomic mass is 10.1. The van der Waals surface area contributed by atoms with Gasteiger partial charge in [0.25, 0.3) is 0 Å². The smallest absolute Gasteiger partial charge is 0.339 e. The normalized spacial score (nSPS) is 7.88. The van der Waals surface area contributed by atoms with E-state index in [0.29, 0.717) is 5.75 Å². The molecule has 0 radical (unpaired) electrons. The molecule has 0 spiro atoms. The van der Waals surface area contributed by atoms with Crippen LogP contribution in [0, 0.1) is 6.92 Å². The monoisotopic (exact) mass is 226 g/mol. The number of carboxylic acids is 1. The average molecular weight is 226 g/mol. The van der Waals surface area contributed by atoms with E-state index in [9.17, 15) is 4.79 Å². The summed E-state index contributed by atoms with van der Waals surface area (Å²) < 4.78 is 4.88. The van der Waals surface area contributed by atoms with Crippen LogP contribution in [0.15, 0.2) is 18.2 Å². The minimum Gasteiger partial charge on any atom is -0.496 e. The number of aromatic carboxylic acids is 1. The van der Waals surface area contributed by atoms with Gasteiger partial charge in [-0.15, -0.1) is 0 Å². The summed E-state index contributed by atoms with van der Waals surface area (Å²) in [6.07, 6.45) is 0. The molecule has 0 aliphatic carbocycles. The predicted octanol–water partition coefficient (Wildman–Crippen LogP) is 3.75. The topological polar surface area (TPSA) is 46.5 Å². The van der Waals surface area contributed by atoms with Crippen LogP contribution in [0.25, 0.3) is 0 Å². The SMILES string of the molecule is CC.CC.COc1ccc(C)cc1C(=O)O. The maximum Gasteiger partial charge on any atom is 0.339 e. The van der Waals surface area contributed by atoms with Crippen molar-refractivity contribution in [3.05, 3.63) is 29.3 Å². The van der Waals surface area contributed by atoms with Crippen LogP contribution in [-0.4, -0.2) is 18.2 Å². The van der Waals surface area contributed by atoms with Crippen molar-refractivity contribution in [2.24, 2.45) is 0 Å². The van der Waals surface area contributed by atoms with Gasteiger partial charge in [-0.3, -0.25) is 0 Å². The van der Waals surface area contributed by atoms with E-state index < -0.39 is 5.97 Å². The third-order valence-corrected chi connectivity index (χ3v) is 1.59. The van der Waals surface area contributed by atoms with E-state index in [4.69, 9.17) is 9.84 Å². The predicted molar refractivity (Wildman–Crippen MR) is 67.4 cm³/mol. The number of aryl methyl sites for hydroxylation is 1. The Kier molecular flexibility index (Phi) is 10.6. The molecule has 0 saturated carbocycles. The maximum absolute atomic E-state index is 10.7. The molecule has 0 unspecified atom stereocenters. The van der Waals surface area contributed by atoms with Crippen molar-refractivity contribution >= 4 is 5.97 Å². The van der Waals surface area contributed by atoms with Gasteiger partial charge in [0.2, 0.25) is 0 Å². The highest BCUT2D eigenvalue weighted by Crippen LogP contribution is 2.18. The van der Waals surface area contributed by atoms with Gasteiger partial charge in [-0.1, -0.05) is 39.3 Å². The Morgan fingerprint density at radius 2 is 1.69 bits per heavy atom. The van der Waals surface area contributed by atoms with Crippen molar-refractivity contribution in [1.82, 2.24) is 0 Å². The summed E-state index contributed by atoms with van der Waals surface area (Å²) in [4.78, 5) is 10.7. The van der Waals surface area contributed by atoms with Gasteiger partial charge < -0.3 is 9.84 Å². The fraction of sp³-hybridized carbons (Fsp3) is 0.462. The lowest BCUT2D eigenvalue weighted by molar-refractivity contribution is 0.0693. The second-order valence-electron chi connectivity index (χ2n) is 2.51. The van der Waals surface area contributed by atoms with Crippen LogP contribution in [0.4, 0.5) is 0 Å². The highest BCUT2D eigenvalue weighted by Gasteiger charge is 2.09. The van der Waals surface area contributed by atoms with E-state index in [1.54, 1.807) is 12.1 Å². The number of carbonyl (C=O) groups is 1. The highest BCUT2D eigenvalue weighted by molar-refractivity contribution is 5.91. The number of rotatable bonds is 2. The Balaban J connectivity index is 0. The van der Waals surface area contributed by atoms with Gasteiger partial charge in [0.1, 0.15) is 11.3 Å². The van der Waals surface area contributed by atoms with E-state index in [0.717, 1.165) is 5.56 Å². The van der Waals surface area contributed by atoms with E-state index in [1.165, 1.54) is 7.11 Å². The summed E-state index contributed by atoms with van der Waals surface area (Å²) in [6, 6.07) is 5.05. The molecular weight excluding hydrogens is 204 g/mol. The van der Waals surface area contributed by atoms with Gasteiger partial charge in [-0.2, -0.15) is 0 Å². The molecule has 0 bridgehead atoms. The van der Waals surface area contributed by atoms with Gasteiger partial charge in [0.05, 0.1) is 7.11 Å². The van der Waals surface area contributed by atoms with Crippen LogP contribution in [0.2, 0.25) is 0 Å². The van der Waals surface area contributed by atoms with Crippen molar-refractivity contribution in [2.45, 2.75) is 34.6 Å². The number of benzene rings is 1. The first kappa shape index (κ1) is 16.9. The molecule has 16 heavy (non-hydrogen) atoms. The molecule has 0 heterocycles. The fourth-order valence-electron chi connectivity index (χ4n) is 0.989. The molecule has 1 rings (SSSR count). The van der Waals surface area contributed by atoms with Crippen LogP contribution in [0.3, 0.4) is 0 Å². The molecule has 0 aliphatic rings. The molecule has 0 atom stereocenters. The standard InChI is InChI=1S/C9H10O3.2C2H6/c1-6-3-4-8(12-2)7(5-6)9(10)11;2*1-2/h3-5H,1-2H3,(H,10,11);2*1-2H3. The highest BCUT2D eigenvalue weighted by atomic mass is 16.5. The Hall–Kier alpha value is -1.51. The number of methoxy groups -OCH3 is 1. The number of hydrogen-bond acceptors (Lipinski definition) is 2. The van der Waals surface area contributed by atoms with Gasteiger partial charge in [0, 0.05) is 0 Å². The first-order valence-corrected chi connectivity index (χ1v) is 5.53. The van der Waals surface area contributed by atoms with E-state index >= 15 is 0 Å². The summed E-state index contributed by atoms with van der Waals surface area (Å²) in [7, 11) is 1.46. The summed E-state index contributed by atoms with van der Waals surface area (Å²) >= 11 is 0. The summed E-state index contributed by atoms with van der Waals surface area (Å²) in [5.74, 6) is -0.566. The molecule has 92 valence electrons. The average Bonchev–Trinajstić information content (AvgIpc) is 2.34. The third-order valence-electron chi connectivity index (χ3n) is 1.59. The van der Waals surface area contributed by atoms with E-state index in [2.05, 4.69) is 0 Å².